The smallest absolute Gasteiger partial charge is 0.338 e. The highest BCUT2D eigenvalue weighted by molar-refractivity contribution is 8.15. The lowest BCUT2D eigenvalue weighted by Crippen LogP contribution is -2.44. The molecule has 3 aromatic rings. The van der Waals surface area contributed by atoms with E-state index in [0.29, 0.717) is 34.5 Å². The number of hydrogen-bond acceptors (Lipinski definition) is 8. The molecular weight excluding hydrogens is 578 g/mol. The van der Waals surface area contributed by atoms with Crippen molar-refractivity contribution in [3.8, 4) is 11.5 Å². The van der Waals surface area contributed by atoms with E-state index in [1.807, 2.05) is 36.4 Å². The van der Waals surface area contributed by atoms with Crippen LogP contribution in [-0.4, -0.2) is 53.4 Å². The molecule has 1 fully saturated rings. The van der Waals surface area contributed by atoms with Gasteiger partial charge in [-0.25, -0.2) is 9.79 Å². The molecule has 0 spiro atoms. The molecule has 0 aliphatic carbocycles. The van der Waals surface area contributed by atoms with Gasteiger partial charge < -0.3 is 19.5 Å². The number of esters is 1. The monoisotopic (exact) mass is 617 g/mol. The topological polar surface area (TPSA) is 107 Å². The maximum atomic E-state index is 13.5. The molecule has 1 heterocycles. The van der Waals surface area contributed by atoms with Crippen molar-refractivity contribution in [1.82, 2.24) is 4.90 Å². The number of ether oxygens (including phenoxy) is 3. The number of aliphatic imine (C=N–C) groups is 1. The summed E-state index contributed by atoms with van der Waals surface area (Å²) in [5, 5.41) is 2.65. The number of nitrogens with zero attached hydrogens (tertiary/aromatic N) is 2. The molecule has 10 heteroatoms. The summed E-state index contributed by atoms with van der Waals surface area (Å²) in [5.74, 6) is 0.545. The first-order valence-electron chi connectivity index (χ1n) is 14.9. The Hall–Kier alpha value is -4.31. The van der Waals surface area contributed by atoms with Gasteiger partial charge in [-0.15, -0.1) is 0 Å². The number of nitrogens with one attached hydrogen (secondary N) is 1. The molecule has 4 rings (SSSR count). The molecule has 1 aliphatic heterocycles. The van der Waals surface area contributed by atoms with Crippen molar-refractivity contribution in [2.45, 2.75) is 57.7 Å². The maximum absolute atomic E-state index is 13.5. The largest absolute Gasteiger partial charge is 0.497 e. The lowest BCUT2D eigenvalue weighted by molar-refractivity contribution is -0.129. The number of unbranched alkanes of at least 4 members (excludes halogenated alkanes) is 3. The predicted molar refractivity (Wildman–Crippen MR) is 174 cm³/mol. The zero-order valence-corrected chi connectivity index (χ0v) is 26.2. The van der Waals surface area contributed by atoms with Crippen LogP contribution in [0, 0.1) is 0 Å². The number of carbonyl (C=O) groups excluding carboxylic acids is 3. The first-order valence-corrected chi connectivity index (χ1v) is 15.8. The summed E-state index contributed by atoms with van der Waals surface area (Å²) >= 11 is 1.23. The Balaban J connectivity index is 1.48. The van der Waals surface area contributed by atoms with Crippen molar-refractivity contribution in [3.05, 3.63) is 83.9 Å². The van der Waals surface area contributed by atoms with Gasteiger partial charge in [0, 0.05) is 12.1 Å². The molecular formula is C34H39N3O6S. The van der Waals surface area contributed by atoms with E-state index < -0.39 is 11.2 Å². The summed E-state index contributed by atoms with van der Waals surface area (Å²) in [5.41, 5.74) is 2.46. The molecule has 3 aromatic carbocycles. The molecule has 9 nitrogen and oxygen atoms in total. The van der Waals surface area contributed by atoms with Gasteiger partial charge in [0.2, 0.25) is 11.8 Å². The summed E-state index contributed by atoms with van der Waals surface area (Å²) in [7, 11) is 1.60. The molecule has 1 N–H and O–H groups in total. The number of methoxy groups -OCH3 is 1. The van der Waals surface area contributed by atoms with Gasteiger partial charge >= 0.3 is 5.97 Å². The average molecular weight is 618 g/mol. The van der Waals surface area contributed by atoms with Crippen LogP contribution in [-0.2, 0) is 20.9 Å². The molecule has 0 bridgehead atoms. The van der Waals surface area contributed by atoms with E-state index in [-0.39, 0.29) is 31.4 Å². The molecule has 0 radical (unpaired) electrons. The first-order chi connectivity index (χ1) is 21.4. The fraction of sp³-hybridized carbons (Fsp3) is 0.353. The third-order valence-corrected chi connectivity index (χ3v) is 8.11. The van der Waals surface area contributed by atoms with Gasteiger partial charge in [-0.05, 0) is 79.6 Å². The summed E-state index contributed by atoms with van der Waals surface area (Å²) in [6.45, 7) is 5.15. The van der Waals surface area contributed by atoms with E-state index in [0.717, 1.165) is 24.2 Å². The van der Waals surface area contributed by atoms with E-state index in [1.165, 1.54) is 24.6 Å². The highest BCUT2D eigenvalue weighted by Crippen LogP contribution is 2.31. The number of rotatable bonds is 14. The Labute approximate surface area is 263 Å². The van der Waals surface area contributed by atoms with Crippen LogP contribution in [0.15, 0.2) is 77.8 Å². The van der Waals surface area contributed by atoms with Crippen molar-refractivity contribution in [2.24, 2.45) is 4.99 Å². The predicted octanol–water partition coefficient (Wildman–Crippen LogP) is 6.99. The van der Waals surface area contributed by atoms with Gasteiger partial charge in [0.15, 0.2) is 5.17 Å². The second-order valence-corrected chi connectivity index (χ2v) is 11.4. The van der Waals surface area contributed by atoms with E-state index in [1.54, 1.807) is 55.3 Å². The second kappa shape index (κ2) is 16.5. The minimum absolute atomic E-state index is 0.0203. The Morgan fingerprint density at radius 1 is 0.932 bits per heavy atom. The minimum Gasteiger partial charge on any atom is -0.497 e. The third-order valence-electron chi connectivity index (χ3n) is 6.92. The molecule has 1 saturated heterocycles. The number of benzene rings is 3. The van der Waals surface area contributed by atoms with Gasteiger partial charge in [0.25, 0.3) is 0 Å². The van der Waals surface area contributed by atoms with E-state index >= 15 is 0 Å². The van der Waals surface area contributed by atoms with Crippen LogP contribution in [0.2, 0.25) is 0 Å². The zero-order chi connectivity index (χ0) is 31.3. The van der Waals surface area contributed by atoms with Crippen LogP contribution in [0.1, 0.15) is 61.9 Å². The lowest BCUT2D eigenvalue weighted by Gasteiger charge is -2.32. The Kier molecular flexibility index (Phi) is 12.2. The molecule has 2 amide bonds. The number of carbonyl (C=O) groups is 3. The average Bonchev–Trinajstić information content (AvgIpc) is 3.04. The number of anilines is 1. The van der Waals surface area contributed by atoms with Crippen molar-refractivity contribution in [2.75, 3.05) is 25.6 Å². The summed E-state index contributed by atoms with van der Waals surface area (Å²) in [4.78, 5) is 45.2. The summed E-state index contributed by atoms with van der Waals surface area (Å²) in [6.07, 6.45) is 4.55. The van der Waals surface area contributed by atoms with Gasteiger partial charge in [-0.1, -0.05) is 50.1 Å². The van der Waals surface area contributed by atoms with Crippen LogP contribution in [0.3, 0.4) is 0 Å². The summed E-state index contributed by atoms with van der Waals surface area (Å²) < 4.78 is 16.1. The normalized spacial score (nSPS) is 15.6. The van der Waals surface area contributed by atoms with Crippen LogP contribution >= 0.6 is 11.8 Å². The standard InChI is InChI=1S/C34H39N3O6S/c1-4-6-7-8-21-43-29-19-15-26(16-20-29)35-32(39)30-22-31(38)37(23-24-9-17-28(41-3)18-10-24)34(44-30)36-27-13-11-25(12-14-27)33(40)42-5-2/h9-20,30H,4-8,21-23H2,1-3H3,(H,35,39). The molecule has 0 saturated carbocycles. The third kappa shape index (κ3) is 9.34. The minimum atomic E-state index is -0.679. The highest BCUT2D eigenvalue weighted by atomic mass is 32.2. The van der Waals surface area contributed by atoms with Gasteiger partial charge in [-0.2, -0.15) is 0 Å². The number of amidine groups is 1. The van der Waals surface area contributed by atoms with Crippen LogP contribution < -0.4 is 14.8 Å². The fourth-order valence-electron chi connectivity index (χ4n) is 4.48. The zero-order valence-electron chi connectivity index (χ0n) is 25.4. The quantitative estimate of drug-likeness (QED) is 0.153. The van der Waals surface area contributed by atoms with E-state index in [4.69, 9.17) is 19.2 Å². The lowest BCUT2D eigenvalue weighted by atomic mass is 10.2. The Morgan fingerprint density at radius 3 is 2.30 bits per heavy atom. The van der Waals surface area contributed by atoms with Crippen molar-refractivity contribution >= 4 is 46.1 Å². The molecule has 1 atom stereocenters. The molecule has 1 aliphatic rings. The number of hydrogen-bond donors (Lipinski definition) is 1. The fourth-order valence-corrected chi connectivity index (χ4v) is 5.58. The van der Waals surface area contributed by atoms with Crippen molar-refractivity contribution in [3.63, 3.8) is 0 Å². The molecule has 232 valence electrons. The molecule has 0 aromatic heterocycles. The SMILES string of the molecule is CCCCCCOc1ccc(NC(=O)C2CC(=O)N(Cc3ccc(OC)cc3)C(=Nc3ccc(C(=O)OCC)cc3)S2)cc1. The van der Waals surface area contributed by atoms with Crippen molar-refractivity contribution < 1.29 is 28.6 Å². The van der Waals surface area contributed by atoms with Crippen LogP contribution in [0.4, 0.5) is 11.4 Å². The maximum Gasteiger partial charge on any atom is 0.338 e. The van der Waals surface area contributed by atoms with Gasteiger partial charge in [0.1, 0.15) is 16.7 Å². The van der Waals surface area contributed by atoms with E-state index in [9.17, 15) is 14.4 Å². The number of thioether (sulfide) groups is 1. The van der Waals surface area contributed by atoms with E-state index in [2.05, 4.69) is 12.2 Å². The number of amides is 2. The second-order valence-electron chi connectivity index (χ2n) is 10.2. The first kappa shape index (κ1) is 32.6. The van der Waals surface area contributed by atoms with Gasteiger partial charge in [-0.3, -0.25) is 14.5 Å². The molecule has 44 heavy (non-hydrogen) atoms. The van der Waals surface area contributed by atoms with Crippen LogP contribution in [0.25, 0.3) is 0 Å². The van der Waals surface area contributed by atoms with Crippen molar-refractivity contribution in [1.29, 1.82) is 0 Å². The molecule has 1 unspecified atom stereocenters. The Bertz CT molecular complexity index is 1420. The summed E-state index contributed by atoms with van der Waals surface area (Å²) in [6, 6.07) is 21.3. The van der Waals surface area contributed by atoms with Gasteiger partial charge in [0.05, 0.1) is 38.1 Å². The Morgan fingerprint density at radius 2 is 1.64 bits per heavy atom. The highest BCUT2D eigenvalue weighted by Gasteiger charge is 2.36. The van der Waals surface area contributed by atoms with Crippen LogP contribution in [0.5, 0.6) is 11.5 Å².